The molecule has 1 unspecified atom stereocenters. The molecular weight excluding hydrogens is 298 g/mol. The smallest absolute Gasteiger partial charge is 0.303 e. The molecule has 0 saturated carbocycles. The molecule has 2 N–H and O–H groups in total. The lowest BCUT2D eigenvalue weighted by atomic mass is 9.97. The normalized spacial score (nSPS) is 12.2. The lowest BCUT2D eigenvalue weighted by Crippen LogP contribution is -2.25. The van der Waals surface area contributed by atoms with Crippen molar-refractivity contribution in [3.8, 4) is 0 Å². The van der Waals surface area contributed by atoms with Crippen LogP contribution in [-0.2, 0) is 4.79 Å². The van der Waals surface area contributed by atoms with E-state index in [0.717, 1.165) is 18.4 Å². The summed E-state index contributed by atoms with van der Waals surface area (Å²) in [5.74, 6) is -0.596. The predicted octanol–water partition coefficient (Wildman–Crippen LogP) is 3.72. The van der Waals surface area contributed by atoms with Crippen LogP contribution in [0.15, 0.2) is 5.38 Å². The Morgan fingerprint density at radius 2 is 2.15 bits per heavy atom. The lowest BCUT2D eigenvalue weighted by molar-refractivity contribution is -0.137. The van der Waals surface area contributed by atoms with E-state index in [2.05, 4.69) is 5.32 Å². The molecule has 0 bridgehead atoms. The highest BCUT2D eigenvalue weighted by Crippen LogP contribution is 2.26. The lowest BCUT2D eigenvalue weighted by Gasteiger charge is -2.13. The fourth-order valence-corrected chi connectivity index (χ4v) is 3.13. The average molecular weight is 318 g/mol. The number of hydrogen-bond donors (Lipinski definition) is 2. The van der Waals surface area contributed by atoms with E-state index < -0.39 is 5.97 Å². The molecule has 4 nitrogen and oxygen atoms in total. The van der Waals surface area contributed by atoms with E-state index >= 15 is 0 Å². The van der Waals surface area contributed by atoms with Crippen molar-refractivity contribution in [3.63, 3.8) is 0 Å². The Labute approximate surface area is 128 Å². The van der Waals surface area contributed by atoms with E-state index in [0.29, 0.717) is 28.8 Å². The Kier molecular flexibility index (Phi) is 7.02. The maximum Gasteiger partial charge on any atom is 0.303 e. The van der Waals surface area contributed by atoms with Crippen LogP contribution in [0.2, 0.25) is 5.02 Å². The van der Waals surface area contributed by atoms with Crippen molar-refractivity contribution in [3.05, 3.63) is 20.8 Å². The van der Waals surface area contributed by atoms with Crippen molar-refractivity contribution >= 4 is 34.8 Å². The van der Waals surface area contributed by atoms with Crippen molar-refractivity contribution in [1.29, 1.82) is 0 Å². The molecule has 0 aliphatic carbocycles. The third-order valence-corrected chi connectivity index (χ3v) is 4.98. The van der Waals surface area contributed by atoms with E-state index in [1.54, 1.807) is 0 Å². The minimum atomic E-state index is -0.770. The second-order valence-corrected chi connectivity index (χ2v) is 6.07. The maximum atomic E-state index is 11.9. The average Bonchev–Trinajstić information content (AvgIpc) is 2.73. The zero-order valence-electron chi connectivity index (χ0n) is 11.7. The Balaban J connectivity index is 2.37. The first kappa shape index (κ1) is 17.0. The summed E-state index contributed by atoms with van der Waals surface area (Å²) in [6, 6.07) is 0. The predicted molar refractivity (Wildman–Crippen MR) is 81.7 cm³/mol. The molecule has 1 aromatic rings. The van der Waals surface area contributed by atoms with Crippen LogP contribution in [0.4, 0.5) is 0 Å². The van der Waals surface area contributed by atoms with Gasteiger partial charge in [-0.05, 0) is 36.6 Å². The SMILES string of the molecule is CCC(CCNC(=O)c1scc(C)c1Cl)CCC(=O)O. The van der Waals surface area contributed by atoms with E-state index in [9.17, 15) is 9.59 Å². The number of aryl methyl sites for hydroxylation is 1. The standard InChI is InChI=1S/C14H20ClNO3S/c1-3-10(4-5-11(17)18)6-7-16-14(19)13-12(15)9(2)8-20-13/h8,10H,3-7H2,1-2H3,(H,16,19)(H,17,18). The van der Waals surface area contributed by atoms with Crippen LogP contribution in [0.3, 0.4) is 0 Å². The van der Waals surface area contributed by atoms with Crippen LogP contribution in [0.5, 0.6) is 0 Å². The number of thiophene rings is 1. The van der Waals surface area contributed by atoms with Gasteiger partial charge in [0, 0.05) is 13.0 Å². The van der Waals surface area contributed by atoms with E-state index in [-0.39, 0.29) is 12.3 Å². The summed E-state index contributed by atoms with van der Waals surface area (Å²) < 4.78 is 0. The molecule has 1 rings (SSSR count). The molecule has 0 radical (unpaired) electrons. The molecule has 1 atom stereocenters. The summed E-state index contributed by atoms with van der Waals surface area (Å²) in [5.41, 5.74) is 0.912. The first-order valence-corrected chi connectivity index (χ1v) is 7.95. The number of nitrogens with one attached hydrogen (secondary N) is 1. The molecule has 1 aromatic heterocycles. The van der Waals surface area contributed by atoms with Gasteiger partial charge >= 0.3 is 5.97 Å². The quantitative estimate of drug-likeness (QED) is 0.768. The number of rotatable bonds is 8. The number of hydrogen-bond acceptors (Lipinski definition) is 3. The Morgan fingerprint density at radius 1 is 1.45 bits per heavy atom. The van der Waals surface area contributed by atoms with E-state index in [4.69, 9.17) is 16.7 Å². The van der Waals surface area contributed by atoms with Gasteiger partial charge in [0.25, 0.3) is 5.91 Å². The highest BCUT2D eigenvalue weighted by Gasteiger charge is 2.15. The molecule has 6 heteroatoms. The summed E-state index contributed by atoms with van der Waals surface area (Å²) in [6.07, 6.45) is 2.54. The molecule has 0 aliphatic heterocycles. The summed E-state index contributed by atoms with van der Waals surface area (Å²) in [7, 11) is 0. The number of amides is 1. The van der Waals surface area contributed by atoms with Crippen LogP contribution >= 0.6 is 22.9 Å². The van der Waals surface area contributed by atoms with Gasteiger partial charge in [0.2, 0.25) is 0 Å². The first-order chi connectivity index (χ1) is 9.45. The Morgan fingerprint density at radius 3 is 2.65 bits per heavy atom. The molecular formula is C14H20ClNO3S. The van der Waals surface area contributed by atoms with E-state index in [1.807, 2.05) is 19.2 Å². The van der Waals surface area contributed by atoms with Crippen LogP contribution < -0.4 is 5.32 Å². The van der Waals surface area contributed by atoms with Crippen molar-refractivity contribution in [2.75, 3.05) is 6.54 Å². The van der Waals surface area contributed by atoms with Gasteiger partial charge in [-0.2, -0.15) is 0 Å². The zero-order chi connectivity index (χ0) is 15.1. The van der Waals surface area contributed by atoms with Crippen molar-refractivity contribution in [2.45, 2.75) is 39.5 Å². The second kappa shape index (κ2) is 8.27. The monoisotopic (exact) mass is 317 g/mol. The van der Waals surface area contributed by atoms with Crippen LogP contribution in [0.1, 0.15) is 47.8 Å². The van der Waals surface area contributed by atoms with Gasteiger partial charge in [-0.25, -0.2) is 0 Å². The summed E-state index contributed by atoms with van der Waals surface area (Å²) in [6.45, 7) is 4.45. The van der Waals surface area contributed by atoms with Gasteiger partial charge < -0.3 is 10.4 Å². The maximum absolute atomic E-state index is 11.9. The topological polar surface area (TPSA) is 66.4 Å². The third kappa shape index (κ3) is 5.13. The molecule has 0 spiro atoms. The van der Waals surface area contributed by atoms with Crippen molar-refractivity contribution in [1.82, 2.24) is 5.32 Å². The number of carbonyl (C=O) groups is 2. The minimum absolute atomic E-state index is 0.152. The zero-order valence-corrected chi connectivity index (χ0v) is 13.3. The van der Waals surface area contributed by atoms with Gasteiger partial charge in [-0.3, -0.25) is 9.59 Å². The first-order valence-electron chi connectivity index (χ1n) is 6.69. The van der Waals surface area contributed by atoms with Gasteiger partial charge in [0.1, 0.15) is 4.88 Å². The summed E-state index contributed by atoms with van der Waals surface area (Å²) in [4.78, 5) is 23.0. The summed E-state index contributed by atoms with van der Waals surface area (Å²) in [5, 5.41) is 13.9. The summed E-state index contributed by atoms with van der Waals surface area (Å²) >= 11 is 7.38. The number of halogens is 1. The minimum Gasteiger partial charge on any atom is -0.481 e. The highest BCUT2D eigenvalue weighted by atomic mass is 35.5. The van der Waals surface area contributed by atoms with Crippen molar-refractivity contribution in [2.24, 2.45) is 5.92 Å². The van der Waals surface area contributed by atoms with Gasteiger partial charge in [0.15, 0.2) is 0 Å². The van der Waals surface area contributed by atoms with Crippen molar-refractivity contribution < 1.29 is 14.7 Å². The molecule has 0 fully saturated rings. The molecule has 0 saturated heterocycles. The van der Waals surface area contributed by atoms with Crippen LogP contribution in [-0.4, -0.2) is 23.5 Å². The highest BCUT2D eigenvalue weighted by molar-refractivity contribution is 7.13. The van der Waals surface area contributed by atoms with Gasteiger partial charge in [-0.15, -0.1) is 11.3 Å². The molecule has 1 amide bonds. The number of aliphatic carboxylic acids is 1. The molecule has 0 aromatic carbocycles. The fourth-order valence-electron chi connectivity index (χ4n) is 1.93. The molecule has 1 heterocycles. The third-order valence-electron chi connectivity index (χ3n) is 3.29. The van der Waals surface area contributed by atoms with E-state index in [1.165, 1.54) is 11.3 Å². The fraction of sp³-hybridized carbons (Fsp3) is 0.571. The second-order valence-electron chi connectivity index (χ2n) is 4.81. The molecule has 20 heavy (non-hydrogen) atoms. The Hall–Kier alpha value is -1.07. The van der Waals surface area contributed by atoms with Crippen LogP contribution in [0, 0.1) is 12.8 Å². The molecule has 0 aliphatic rings. The number of carboxylic acid groups (broad SMARTS) is 1. The largest absolute Gasteiger partial charge is 0.481 e. The van der Waals surface area contributed by atoms with Gasteiger partial charge in [0.05, 0.1) is 5.02 Å². The number of carboxylic acids is 1. The molecule has 112 valence electrons. The van der Waals surface area contributed by atoms with Crippen LogP contribution in [0.25, 0.3) is 0 Å². The Bertz CT molecular complexity index is 473. The van der Waals surface area contributed by atoms with Gasteiger partial charge in [-0.1, -0.05) is 24.9 Å². The number of carbonyl (C=O) groups excluding carboxylic acids is 1.